The molecule has 80 valence electrons. The molecule has 0 spiro atoms. The molecule has 1 heterocycles. The zero-order chi connectivity index (χ0) is 11.1. The summed E-state index contributed by atoms with van der Waals surface area (Å²) >= 11 is 0. The summed E-state index contributed by atoms with van der Waals surface area (Å²) in [6.45, 7) is 6.16. The minimum atomic E-state index is 1.09. The lowest BCUT2D eigenvalue weighted by Crippen LogP contribution is -1.79. The molecule has 0 unspecified atom stereocenters. The first-order valence-electron chi connectivity index (χ1n) is 5.51. The van der Waals surface area contributed by atoms with Gasteiger partial charge in [0.25, 0.3) is 0 Å². The molecule has 0 saturated carbocycles. The van der Waals surface area contributed by atoms with E-state index in [1.54, 1.807) is 12.5 Å². The SMILES string of the molecule is CC.CCc1ccc(-c2ccoc2)cc1. The molecule has 0 saturated heterocycles. The highest BCUT2D eigenvalue weighted by atomic mass is 16.3. The summed E-state index contributed by atoms with van der Waals surface area (Å²) < 4.78 is 5.03. The van der Waals surface area contributed by atoms with E-state index in [-0.39, 0.29) is 0 Å². The molecule has 1 nitrogen and oxygen atoms in total. The Morgan fingerprint density at radius 1 is 0.933 bits per heavy atom. The lowest BCUT2D eigenvalue weighted by atomic mass is 10.1. The van der Waals surface area contributed by atoms with Crippen LogP contribution in [0, 0.1) is 0 Å². The van der Waals surface area contributed by atoms with E-state index in [2.05, 4.69) is 31.2 Å². The van der Waals surface area contributed by atoms with Crippen molar-refractivity contribution in [1.82, 2.24) is 0 Å². The van der Waals surface area contributed by atoms with Crippen LogP contribution in [0.5, 0.6) is 0 Å². The van der Waals surface area contributed by atoms with Gasteiger partial charge in [0.15, 0.2) is 0 Å². The Morgan fingerprint density at radius 2 is 1.60 bits per heavy atom. The van der Waals surface area contributed by atoms with Crippen LogP contribution in [0.15, 0.2) is 47.3 Å². The summed E-state index contributed by atoms with van der Waals surface area (Å²) in [5, 5.41) is 0. The highest BCUT2D eigenvalue weighted by molar-refractivity contribution is 5.62. The molecule has 2 aromatic rings. The molecule has 0 aliphatic rings. The number of aryl methyl sites for hydroxylation is 1. The van der Waals surface area contributed by atoms with Crippen LogP contribution >= 0.6 is 0 Å². The van der Waals surface area contributed by atoms with Gasteiger partial charge < -0.3 is 4.42 Å². The van der Waals surface area contributed by atoms with Crippen LogP contribution in [0.1, 0.15) is 26.3 Å². The Balaban J connectivity index is 0.000000531. The van der Waals surface area contributed by atoms with Crippen molar-refractivity contribution in [2.45, 2.75) is 27.2 Å². The second kappa shape index (κ2) is 6.07. The van der Waals surface area contributed by atoms with Crippen molar-refractivity contribution < 1.29 is 4.42 Å². The van der Waals surface area contributed by atoms with Gasteiger partial charge in [-0.2, -0.15) is 0 Å². The van der Waals surface area contributed by atoms with E-state index >= 15 is 0 Å². The Kier molecular flexibility index (Phi) is 4.69. The molecule has 0 atom stereocenters. The maximum atomic E-state index is 5.03. The Hall–Kier alpha value is -1.50. The van der Waals surface area contributed by atoms with Crippen molar-refractivity contribution >= 4 is 0 Å². The molecule has 1 aromatic heterocycles. The third-order valence-corrected chi connectivity index (χ3v) is 2.22. The largest absolute Gasteiger partial charge is 0.472 e. The number of rotatable bonds is 2. The molecule has 0 amide bonds. The molecule has 0 aliphatic carbocycles. The second-order valence-corrected chi connectivity index (χ2v) is 3.06. The summed E-state index contributed by atoms with van der Waals surface area (Å²) in [7, 11) is 0. The number of hydrogen-bond acceptors (Lipinski definition) is 1. The van der Waals surface area contributed by atoms with E-state index < -0.39 is 0 Å². The van der Waals surface area contributed by atoms with Gasteiger partial charge in [-0.3, -0.25) is 0 Å². The topological polar surface area (TPSA) is 13.1 Å². The third kappa shape index (κ3) is 2.98. The Morgan fingerprint density at radius 3 is 2.07 bits per heavy atom. The smallest absolute Gasteiger partial charge is 0.0980 e. The van der Waals surface area contributed by atoms with Gasteiger partial charge in [0, 0.05) is 5.56 Å². The molecular weight excluding hydrogens is 184 g/mol. The molecule has 1 aromatic carbocycles. The van der Waals surface area contributed by atoms with Crippen molar-refractivity contribution in [3.05, 3.63) is 48.4 Å². The molecule has 0 bridgehead atoms. The van der Waals surface area contributed by atoms with Crippen molar-refractivity contribution in [2.24, 2.45) is 0 Å². The lowest BCUT2D eigenvalue weighted by Gasteiger charge is -1.98. The van der Waals surface area contributed by atoms with Gasteiger partial charge in [-0.25, -0.2) is 0 Å². The summed E-state index contributed by atoms with van der Waals surface area (Å²) in [5.41, 5.74) is 3.72. The Labute approximate surface area is 91.7 Å². The van der Waals surface area contributed by atoms with E-state index in [0.717, 1.165) is 12.0 Å². The number of hydrogen-bond donors (Lipinski definition) is 0. The molecule has 15 heavy (non-hydrogen) atoms. The summed E-state index contributed by atoms with van der Waals surface area (Å²) in [6.07, 6.45) is 4.55. The standard InChI is InChI=1S/C12H12O.C2H6/c1-2-10-3-5-11(6-4-10)12-7-8-13-9-12;1-2/h3-9H,2H2,1H3;1-2H3. The zero-order valence-corrected chi connectivity index (χ0v) is 9.66. The molecule has 0 N–H and O–H groups in total. The van der Waals surface area contributed by atoms with Crippen LogP contribution in [-0.2, 0) is 6.42 Å². The van der Waals surface area contributed by atoms with Crippen LogP contribution in [0.3, 0.4) is 0 Å². The van der Waals surface area contributed by atoms with E-state index in [1.165, 1.54) is 11.1 Å². The molecule has 1 heteroatoms. The average Bonchev–Trinajstić information content (AvgIpc) is 2.85. The predicted octanol–water partition coefficient (Wildman–Crippen LogP) is 4.54. The van der Waals surface area contributed by atoms with Crippen LogP contribution in [0.25, 0.3) is 11.1 Å². The first-order chi connectivity index (χ1) is 7.40. The fourth-order valence-electron chi connectivity index (χ4n) is 1.36. The molecule has 0 fully saturated rings. The monoisotopic (exact) mass is 202 g/mol. The van der Waals surface area contributed by atoms with Crippen molar-refractivity contribution in [1.29, 1.82) is 0 Å². The Bertz CT molecular complexity index is 357. The van der Waals surface area contributed by atoms with Crippen LogP contribution < -0.4 is 0 Å². The summed E-state index contributed by atoms with van der Waals surface area (Å²) in [4.78, 5) is 0. The van der Waals surface area contributed by atoms with Crippen LogP contribution in [0.2, 0.25) is 0 Å². The highest BCUT2D eigenvalue weighted by Crippen LogP contribution is 2.19. The van der Waals surface area contributed by atoms with E-state index in [4.69, 9.17) is 4.42 Å². The zero-order valence-electron chi connectivity index (χ0n) is 9.66. The summed E-state index contributed by atoms with van der Waals surface area (Å²) in [5.74, 6) is 0. The fraction of sp³-hybridized carbons (Fsp3) is 0.286. The second-order valence-electron chi connectivity index (χ2n) is 3.06. The molecular formula is C14H18O. The minimum absolute atomic E-state index is 1.09. The van der Waals surface area contributed by atoms with Gasteiger partial charge >= 0.3 is 0 Å². The maximum Gasteiger partial charge on any atom is 0.0980 e. The summed E-state index contributed by atoms with van der Waals surface area (Å²) in [6, 6.07) is 10.5. The predicted molar refractivity (Wildman–Crippen MR) is 64.9 cm³/mol. The van der Waals surface area contributed by atoms with Gasteiger partial charge in [0.05, 0.1) is 12.5 Å². The molecule has 2 rings (SSSR count). The van der Waals surface area contributed by atoms with Gasteiger partial charge in [-0.1, -0.05) is 45.0 Å². The van der Waals surface area contributed by atoms with Crippen molar-refractivity contribution in [3.8, 4) is 11.1 Å². The fourth-order valence-corrected chi connectivity index (χ4v) is 1.36. The maximum absolute atomic E-state index is 5.03. The van der Waals surface area contributed by atoms with Gasteiger partial charge in [0.2, 0.25) is 0 Å². The first kappa shape index (κ1) is 11.6. The lowest BCUT2D eigenvalue weighted by molar-refractivity contribution is 0.568. The molecule has 0 radical (unpaired) electrons. The minimum Gasteiger partial charge on any atom is -0.472 e. The van der Waals surface area contributed by atoms with Gasteiger partial charge in [-0.05, 0) is 23.6 Å². The first-order valence-corrected chi connectivity index (χ1v) is 5.51. The third-order valence-electron chi connectivity index (χ3n) is 2.22. The van der Waals surface area contributed by atoms with Gasteiger partial charge in [-0.15, -0.1) is 0 Å². The normalized spacial score (nSPS) is 9.27. The van der Waals surface area contributed by atoms with Crippen LogP contribution in [-0.4, -0.2) is 0 Å². The average molecular weight is 202 g/mol. The van der Waals surface area contributed by atoms with Crippen molar-refractivity contribution in [3.63, 3.8) is 0 Å². The van der Waals surface area contributed by atoms with E-state index in [1.807, 2.05) is 19.9 Å². The van der Waals surface area contributed by atoms with Crippen LogP contribution in [0.4, 0.5) is 0 Å². The van der Waals surface area contributed by atoms with E-state index in [0.29, 0.717) is 0 Å². The van der Waals surface area contributed by atoms with Gasteiger partial charge in [0.1, 0.15) is 0 Å². The van der Waals surface area contributed by atoms with E-state index in [9.17, 15) is 0 Å². The highest BCUT2D eigenvalue weighted by Gasteiger charge is 1.97. The number of furan rings is 1. The number of benzene rings is 1. The quantitative estimate of drug-likeness (QED) is 0.697. The molecule has 0 aliphatic heterocycles. The van der Waals surface area contributed by atoms with Crippen molar-refractivity contribution in [2.75, 3.05) is 0 Å².